The SMILES string of the molecule is CC(C)(C)c1cc(Nc2nc(N3CCC[C@H](OC(N)=O)C3)ncc2C(N)=O)cc(C(C)(C)C)c1. The zero-order valence-electron chi connectivity index (χ0n) is 20.9. The maximum atomic E-state index is 12.1. The van der Waals surface area contributed by atoms with E-state index in [4.69, 9.17) is 16.2 Å². The van der Waals surface area contributed by atoms with Crippen molar-refractivity contribution < 1.29 is 14.3 Å². The molecule has 0 radical (unpaired) electrons. The van der Waals surface area contributed by atoms with Gasteiger partial charge in [-0.2, -0.15) is 4.98 Å². The summed E-state index contributed by atoms with van der Waals surface area (Å²) in [5, 5.41) is 3.32. The van der Waals surface area contributed by atoms with E-state index in [1.165, 1.54) is 17.3 Å². The molecule has 1 aliphatic rings. The smallest absolute Gasteiger partial charge is 0.404 e. The lowest BCUT2D eigenvalue weighted by atomic mass is 9.80. The van der Waals surface area contributed by atoms with Crippen LogP contribution in [0.25, 0.3) is 0 Å². The molecule has 2 heterocycles. The zero-order valence-corrected chi connectivity index (χ0v) is 20.9. The fraction of sp³-hybridized carbons (Fsp3) is 0.520. The van der Waals surface area contributed by atoms with E-state index in [0.717, 1.165) is 18.5 Å². The molecule has 9 heteroatoms. The van der Waals surface area contributed by atoms with Crippen molar-refractivity contribution in [2.24, 2.45) is 11.5 Å². The highest BCUT2D eigenvalue weighted by atomic mass is 16.6. The van der Waals surface area contributed by atoms with Crippen molar-refractivity contribution in [3.05, 3.63) is 41.1 Å². The van der Waals surface area contributed by atoms with Crippen LogP contribution in [0.15, 0.2) is 24.4 Å². The Labute approximate surface area is 201 Å². The Morgan fingerprint density at radius 3 is 2.21 bits per heavy atom. The van der Waals surface area contributed by atoms with Gasteiger partial charge in [-0.3, -0.25) is 4.79 Å². The van der Waals surface area contributed by atoms with E-state index < -0.39 is 12.0 Å². The number of benzene rings is 1. The molecule has 1 aromatic carbocycles. The van der Waals surface area contributed by atoms with Gasteiger partial charge >= 0.3 is 6.09 Å². The number of piperidine rings is 1. The lowest BCUT2D eigenvalue weighted by Crippen LogP contribution is -2.42. The summed E-state index contributed by atoms with van der Waals surface area (Å²) in [4.78, 5) is 34.2. The van der Waals surface area contributed by atoms with Crippen molar-refractivity contribution in [1.82, 2.24) is 9.97 Å². The van der Waals surface area contributed by atoms with Gasteiger partial charge in [0, 0.05) is 18.4 Å². The Bertz CT molecular complexity index is 1040. The van der Waals surface area contributed by atoms with Gasteiger partial charge in [-0.15, -0.1) is 0 Å². The minimum Gasteiger partial charge on any atom is -0.445 e. The molecule has 184 valence electrons. The van der Waals surface area contributed by atoms with Crippen LogP contribution in [0.3, 0.4) is 0 Å². The predicted octanol–water partition coefficient (Wildman–Crippen LogP) is 3.98. The molecule has 9 nitrogen and oxygen atoms in total. The number of nitrogens with zero attached hydrogens (tertiary/aromatic N) is 3. The fourth-order valence-electron chi connectivity index (χ4n) is 3.88. The van der Waals surface area contributed by atoms with E-state index in [9.17, 15) is 9.59 Å². The van der Waals surface area contributed by atoms with Crippen molar-refractivity contribution in [3.8, 4) is 0 Å². The average Bonchev–Trinajstić information content (AvgIpc) is 2.72. The van der Waals surface area contributed by atoms with Gasteiger partial charge in [0.2, 0.25) is 5.95 Å². The fourth-order valence-corrected chi connectivity index (χ4v) is 3.88. The van der Waals surface area contributed by atoms with Crippen LogP contribution in [0, 0.1) is 0 Å². The molecule has 0 saturated carbocycles. The summed E-state index contributed by atoms with van der Waals surface area (Å²) < 4.78 is 5.17. The Balaban J connectivity index is 1.99. The first-order valence-electron chi connectivity index (χ1n) is 11.5. The number of rotatable bonds is 5. The van der Waals surface area contributed by atoms with Gasteiger partial charge in [-0.1, -0.05) is 47.6 Å². The number of aromatic nitrogens is 2. The maximum absolute atomic E-state index is 12.1. The van der Waals surface area contributed by atoms with Crippen molar-refractivity contribution >= 4 is 29.5 Å². The number of nitrogens with one attached hydrogen (secondary N) is 1. The van der Waals surface area contributed by atoms with Crippen LogP contribution in [0.5, 0.6) is 0 Å². The summed E-state index contributed by atoms with van der Waals surface area (Å²) in [7, 11) is 0. The number of carbonyl (C=O) groups is 2. The van der Waals surface area contributed by atoms with Crippen LogP contribution < -0.4 is 21.7 Å². The molecular weight excluding hydrogens is 432 g/mol. The molecule has 1 aromatic heterocycles. The number of anilines is 3. The molecule has 0 bridgehead atoms. The lowest BCUT2D eigenvalue weighted by molar-refractivity contribution is 0.0959. The van der Waals surface area contributed by atoms with Crippen LogP contribution in [0.1, 0.15) is 75.9 Å². The summed E-state index contributed by atoms with van der Waals surface area (Å²) >= 11 is 0. The molecule has 1 atom stereocenters. The third kappa shape index (κ3) is 6.15. The highest BCUT2D eigenvalue weighted by molar-refractivity contribution is 5.98. The van der Waals surface area contributed by atoms with Crippen molar-refractivity contribution in [2.75, 3.05) is 23.3 Å². The van der Waals surface area contributed by atoms with E-state index in [0.29, 0.717) is 24.9 Å². The number of nitrogens with two attached hydrogens (primary N) is 2. The van der Waals surface area contributed by atoms with Gasteiger partial charge in [-0.05, 0) is 46.9 Å². The van der Waals surface area contributed by atoms with Gasteiger partial charge < -0.3 is 26.4 Å². The molecule has 0 aliphatic carbocycles. The standard InChI is InChI=1S/C25H36N6O3/c1-24(2,3)15-10-16(25(4,5)6)12-17(11-15)29-21-19(20(26)32)13-28-23(30-21)31-9-7-8-18(14-31)34-22(27)33/h10-13,18H,7-9,14H2,1-6H3,(H2,26,32)(H2,27,33)(H,28,29,30)/t18-/m0/s1. The quantitative estimate of drug-likeness (QED) is 0.604. The van der Waals surface area contributed by atoms with Gasteiger partial charge in [0.1, 0.15) is 17.5 Å². The molecule has 5 N–H and O–H groups in total. The second kappa shape index (κ2) is 9.48. The number of amides is 2. The minimum atomic E-state index is -0.799. The Morgan fingerprint density at radius 1 is 1.06 bits per heavy atom. The van der Waals surface area contributed by atoms with E-state index in [-0.39, 0.29) is 22.5 Å². The summed E-state index contributed by atoms with van der Waals surface area (Å²) in [6.07, 6.45) is 1.82. The summed E-state index contributed by atoms with van der Waals surface area (Å²) in [6.45, 7) is 14.1. The second-order valence-electron chi connectivity index (χ2n) is 10.9. The molecule has 0 unspecified atom stereocenters. The molecule has 3 rings (SSSR count). The predicted molar refractivity (Wildman–Crippen MR) is 134 cm³/mol. The molecular formula is C25H36N6O3. The van der Waals surface area contributed by atoms with E-state index in [1.54, 1.807) is 0 Å². The van der Waals surface area contributed by atoms with Crippen LogP contribution in [0.2, 0.25) is 0 Å². The van der Waals surface area contributed by atoms with Crippen molar-refractivity contribution in [2.45, 2.75) is 71.3 Å². The van der Waals surface area contributed by atoms with Gasteiger partial charge in [0.25, 0.3) is 5.91 Å². The number of hydrogen-bond acceptors (Lipinski definition) is 7. The molecule has 2 aromatic rings. The Morgan fingerprint density at radius 2 is 1.68 bits per heavy atom. The zero-order chi connectivity index (χ0) is 25.3. The summed E-state index contributed by atoms with van der Waals surface area (Å²) in [6, 6.07) is 6.36. The summed E-state index contributed by atoms with van der Waals surface area (Å²) in [5.74, 6) is 0.139. The van der Waals surface area contributed by atoms with Crippen molar-refractivity contribution in [1.29, 1.82) is 0 Å². The van der Waals surface area contributed by atoms with Crippen LogP contribution in [-0.2, 0) is 15.6 Å². The van der Waals surface area contributed by atoms with Gasteiger partial charge in [0.05, 0.1) is 6.54 Å². The monoisotopic (exact) mass is 468 g/mol. The number of hydrogen-bond donors (Lipinski definition) is 3. The first-order valence-corrected chi connectivity index (χ1v) is 11.5. The van der Waals surface area contributed by atoms with Crippen molar-refractivity contribution in [3.63, 3.8) is 0 Å². The van der Waals surface area contributed by atoms with Gasteiger partial charge in [-0.25, -0.2) is 9.78 Å². The number of carbonyl (C=O) groups excluding carboxylic acids is 2. The molecule has 1 aliphatic heterocycles. The topological polar surface area (TPSA) is 136 Å². The third-order valence-corrected chi connectivity index (χ3v) is 5.91. The molecule has 1 saturated heterocycles. The average molecular weight is 469 g/mol. The van der Waals surface area contributed by atoms with Crippen LogP contribution >= 0.6 is 0 Å². The highest BCUT2D eigenvalue weighted by Crippen LogP contribution is 2.33. The number of primary amides is 2. The summed E-state index contributed by atoms with van der Waals surface area (Å²) in [5.41, 5.74) is 14.0. The molecule has 34 heavy (non-hydrogen) atoms. The van der Waals surface area contributed by atoms with E-state index in [2.05, 4.69) is 75.0 Å². The lowest BCUT2D eigenvalue weighted by Gasteiger charge is -2.32. The van der Waals surface area contributed by atoms with Crippen LogP contribution in [-0.4, -0.2) is 41.2 Å². The Kier molecular flexibility index (Phi) is 7.05. The van der Waals surface area contributed by atoms with Gasteiger partial charge in [0.15, 0.2) is 0 Å². The molecule has 2 amide bonds. The normalized spacial score (nSPS) is 16.8. The van der Waals surface area contributed by atoms with Crippen LogP contribution in [0.4, 0.5) is 22.2 Å². The number of ether oxygens (including phenoxy) is 1. The second-order valence-corrected chi connectivity index (χ2v) is 10.9. The van der Waals surface area contributed by atoms with E-state index in [1.807, 2.05) is 4.90 Å². The maximum Gasteiger partial charge on any atom is 0.404 e. The molecule has 1 fully saturated rings. The molecule has 0 spiro atoms. The first-order chi connectivity index (χ1) is 15.7. The largest absolute Gasteiger partial charge is 0.445 e. The van der Waals surface area contributed by atoms with E-state index >= 15 is 0 Å². The third-order valence-electron chi connectivity index (χ3n) is 5.91. The highest BCUT2D eigenvalue weighted by Gasteiger charge is 2.26. The first kappa shape index (κ1) is 25.3. The minimum absolute atomic E-state index is 0.0652. The Hall–Kier alpha value is -3.36.